The second-order valence-corrected chi connectivity index (χ2v) is 10.1. The van der Waals surface area contributed by atoms with Gasteiger partial charge in [-0.3, -0.25) is 4.79 Å². The molecule has 0 unspecified atom stereocenters. The Balaban J connectivity index is 1.41. The smallest absolute Gasteiger partial charge is 0.224 e. The predicted molar refractivity (Wildman–Crippen MR) is 123 cm³/mol. The highest BCUT2D eigenvalue weighted by Gasteiger charge is 2.31. The summed E-state index contributed by atoms with van der Waals surface area (Å²) in [7, 11) is -3.36. The highest BCUT2D eigenvalue weighted by Crippen LogP contribution is 2.20. The summed E-state index contributed by atoms with van der Waals surface area (Å²) >= 11 is 0. The Hall–Kier alpha value is -2.38. The molecule has 0 aromatic heterocycles. The van der Waals surface area contributed by atoms with Crippen molar-refractivity contribution in [3.8, 4) is 5.75 Å². The van der Waals surface area contributed by atoms with Crippen LogP contribution in [0.1, 0.15) is 30.4 Å². The third-order valence-electron chi connectivity index (χ3n) is 5.52. The van der Waals surface area contributed by atoms with Crippen molar-refractivity contribution >= 4 is 15.9 Å². The first kappa shape index (κ1) is 23.3. The second-order valence-electron chi connectivity index (χ2n) is 8.06. The Kier molecular flexibility index (Phi) is 8.49. The van der Waals surface area contributed by atoms with Crippen LogP contribution in [0.2, 0.25) is 0 Å². The third-order valence-corrected chi connectivity index (χ3v) is 7.44. The molecule has 31 heavy (non-hydrogen) atoms. The minimum absolute atomic E-state index is 0.1000. The van der Waals surface area contributed by atoms with Crippen LogP contribution in [0.3, 0.4) is 0 Å². The van der Waals surface area contributed by atoms with Crippen molar-refractivity contribution in [1.29, 1.82) is 0 Å². The van der Waals surface area contributed by atoms with Gasteiger partial charge in [0, 0.05) is 13.1 Å². The zero-order chi connectivity index (χ0) is 22.1. The minimum atomic E-state index is -3.36. The number of rotatable bonds is 10. The Labute approximate surface area is 185 Å². The molecule has 0 aliphatic carbocycles. The molecule has 1 amide bonds. The van der Waals surface area contributed by atoms with Gasteiger partial charge < -0.3 is 10.1 Å². The minimum Gasteiger partial charge on any atom is -0.492 e. The van der Waals surface area contributed by atoms with E-state index in [0.29, 0.717) is 39.0 Å². The number of amides is 1. The van der Waals surface area contributed by atoms with E-state index >= 15 is 0 Å². The number of hydrogen-bond acceptors (Lipinski definition) is 4. The van der Waals surface area contributed by atoms with Crippen LogP contribution in [-0.2, 0) is 21.2 Å². The van der Waals surface area contributed by atoms with Gasteiger partial charge in [-0.25, -0.2) is 12.7 Å². The number of carbonyl (C=O) groups is 1. The summed E-state index contributed by atoms with van der Waals surface area (Å²) in [6.45, 7) is 3.53. The van der Waals surface area contributed by atoms with Crippen molar-refractivity contribution in [3.63, 3.8) is 0 Å². The third kappa shape index (κ3) is 7.36. The van der Waals surface area contributed by atoms with Gasteiger partial charge in [-0.2, -0.15) is 0 Å². The number of sulfonamides is 1. The van der Waals surface area contributed by atoms with Gasteiger partial charge in [-0.05, 0) is 55.9 Å². The molecular formula is C24H32N2O4S. The van der Waals surface area contributed by atoms with Crippen molar-refractivity contribution in [2.24, 2.45) is 5.92 Å². The van der Waals surface area contributed by atoms with Crippen LogP contribution in [0.15, 0.2) is 54.6 Å². The maximum atomic E-state index is 12.8. The van der Waals surface area contributed by atoms with Crippen LogP contribution in [0.5, 0.6) is 5.75 Å². The van der Waals surface area contributed by atoms with Gasteiger partial charge in [-0.15, -0.1) is 0 Å². The maximum Gasteiger partial charge on any atom is 0.224 e. The number of ether oxygens (including phenoxy) is 1. The Morgan fingerprint density at radius 3 is 2.74 bits per heavy atom. The molecule has 1 aliphatic heterocycles. The molecule has 1 heterocycles. The Morgan fingerprint density at radius 1 is 1.16 bits per heavy atom. The molecule has 0 spiro atoms. The van der Waals surface area contributed by atoms with Crippen LogP contribution in [-0.4, -0.2) is 50.6 Å². The lowest BCUT2D eigenvalue weighted by Gasteiger charge is -2.31. The number of hydrogen-bond donors (Lipinski definition) is 1. The van der Waals surface area contributed by atoms with E-state index in [0.717, 1.165) is 23.3 Å². The number of aryl methyl sites for hydroxylation is 2. The molecule has 1 atom stereocenters. The monoisotopic (exact) mass is 444 g/mol. The zero-order valence-corrected chi connectivity index (χ0v) is 18.9. The summed E-state index contributed by atoms with van der Waals surface area (Å²) in [4.78, 5) is 12.5. The van der Waals surface area contributed by atoms with E-state index < -0.39 is 10.0 Å². The summed E-state index contributed by atoms with van der Waals surface area (Å²) < 4.78 is 32.7. The summed E-state index contributed by atoms with van der Waals surface area (Å²) in [6, 6.07) is 17.7. The highest BCUT2D eigenvalue weighted by atomic mass is 32.2. The van der Waals surface area contributed by atoms with E-state index in [1.807, 2.05) is 61.5 Å². The van der Waals surface area contributed by atoms with Gasteiger partial charge in [0.1, 0.15) is 12.4 Å². The lowest BCUT2D eigenvalue weighted by molar-refractivity contribution is -0.126. The van der Waals surface area contributed by atoms with Gasteiger partial charge in [0.25, 0.3) is 0 Å². The number of benzene rings is 2. The van der Waals surface area contributed by atoms with E-state index in [2.05, 4.69) is 5.32 Å². The molecule has 1 fully saturated rings. The van der Waals surface area contributed by atoms with Gasteiger partial charge in [0.2, 0.25) is 15.9 Å². The maximum absolute atomic E-state index is 12.8. The standard InChI is InChI=1S/C24H32N2O4S/c1-20-8-5-13-23(18-20)30-16-14-25-24(27)22-12-6-15-26(19-22)31(28,29)17-7-11-21-9-3-2-4-10-21/h2-5,8-10,13,18,22H,6-7,11-12,14-17,19H2,1H3,(H,25,27)/t22-/m0/s1. The van der Waals surface area contributed by atoms with Crippen LogP contribution in [0.25, 0.3) is 0 Å². The molecular weight excluding hydrogens is 412 g/mol. The van der Waals surface area contributed by atoms with Crippen molar-refractivity contribution in [1.82, 2.24) is 9.62 Å². The Bertz CT molecular complexity index is 947. The molecule has 0 bridgehead atoms. The zero-order valence-electron chi connectivity index (χ0n) is 18.1. The number of nitrogens with one attached hydrogen (secondary N) is 1. The average Bonchev–Trinajstić information content (AvgIpc) is 2.77. The largest absolute Gasteiger partial charge is 0.492 e. The van der Waals surface area contributed by atoms with Gasteiger partial charge in [-0.1, -0.05) is 42.5 Å². The summed E-state index contributed by atoms with van der Waals surface area (Å²) in [5.41, 5.74) is 2.26. The molecule has 7 heteroatoms. The van der Waals surface area contributed by atoms with Crippen molar-refractivity contribution in [3.05, 3.63) is 65.7 Å². The molecule has 2 aromatic carbocycles. The molecule has 6 nitrogen and oxygen atoms in total. The fourth-order valence-corrected chi connectivity index (χ4v) is 5.42. The first-order chi connectivity index (χ1) is 14.9. The lowest BCUT2D eigenvalue weighted by Crippen LogP contribution is -2.46. The fraction of sp³-hybridized carbons (Fsp3) is 0.458. The average molecular weight is 445 g/mol. The molecule has 1 aliphatic rings. The first-order valence-corrected chi connectivity index (χ1v) is 12.5. The predicted octanol–water partition coefficient (Wildman–Crippen LogP) is 3.16. The summed E-state index contributed by atoms with van der Waals surface area (Å²) in [5, 5.41) is 2.89. The van der Waals surface area contributed by atoms with E-state index in [1.165, 1.54) is 4.31 Å². The number of carbonyl (C=O) groups excluding carboxylic acids is 1. The van der Waals surface area contributed by atoms with Gasteiger partial charge >= 0.3 is 0 Å². The highest BCUT2D eigenvalue weighted by molar-refractivity contribution is 7.89. The molecule has 168 valence electrons. The van der Waals surface area contributed by atoms with Crippen LogP contribution >= 0.6 is 0 Å². The van der Waals surface area contributed by atoms with E-state index in [9.17, 15) is 13.2 Å². The molecule has 3 rings (SSSR count). The van der Waals surface area contributed by atoms with Crippen molar-refractivity contribution in [2.45, 2.75) is 32.6 Å². The topological polar surface area (TPSA) is 75.7 Å². The van der Waals surface area contributed by atoms with Crippen molar-refractivity contribution in [2.75, 3.05) is 32.0 Å². The normalized spacial score (nSPS) is 17.3. The van der Waals surface area contributed by atoms with Crippen LogP contribution in [0, 0.1) is 12.8 Å². The SMILES string of the molecule is Cc1cccc(OCCNC(=O)[C@H]2CCCN(S(=O)(=O)CCCc3ccccc3)C2)c1. The molecule has 0 saturated carbocycles. The quantitative estimate of drug-likeness (QED) is 0.571. The van der Waals surface area contributed by atoms with Crippen LogP contribution in [0.4, 0.5) is 0 Å². The Morgan fingerprint density at radius 2 is 1.97 bits per heavy atom. The summed E-state index contributed by atoms with van der Waals surface area (Å²) in [5.74, 6) is 0.480. The molecule has 1 N–H and O–H groups in total. The van der Waals surface area contributed by atoms with E-state index in [1.54, 1.807) is 0 Å². The number of nitrogens with zero attached hydrogens (tertiary/aromatic N) is 1. The molecule has 1 saturated heterocycles. The molecule has 0 radical (unpaired) electrons. The number of piperidine rings is 1. The summed E-state index contributed by atoms with van der Waals surface area (Å²) in [6.07, 6.45) is 2.73. The molecule has 2 aromatic rings. The van der Waals surface area contributed by atoms with Crippen molar-refractivity contribution < 1.29 is 17.9 Å². The van der Waals surface area contributed by atoms with Gasteiger partial charge in [0.15, 0.2) is 0 Å². The van der Waals surface area contributed by atoms with Gasteiger partial charge in [0.05, 0.1) is 18.2 Å². The second kappa shape index (κ2) is 11.3. The van der Waals surface area contributed by atoms with E-state index in [4.69, 9.17) is 4.74 Å². The first-order valence-electron chi connectivity index (χ1n) is 10.9. The van der Waals surface area contributed by atoms with Crippen LogP contribution < -0.4 is 10.1 Å². The van der Waals surface area contributed by atoms with E-state index in [-0.39, 0.29) is 24.1 Å². The lowest BCUT2D eigenvalue weighted by atomic mass is 9.99. The fourth-order valence-electron chi connectivity index (χ4n) is 3.83.